The van der Waals surface area contributed by atoms with Crippen LogP contribution in [0, 0.1) is 25.2 Å². The third kappa shape index (κ3) is 5.84. The van der Waals surface area contributed by atoms with E-state index in [0.717, 1.165) is 11.1 Å². The standard InChI is InChI=1S/C25H26N4O4/c1-4-32-13-7-11-27-23(30)19(16-26)15-21-24(33-20-10-5-8-17(2)14-20)28-22-18(3)9-6-12-29(22)25(21)31/h5-6,8-10,12,14-15H,4,7,11,13H2,1-3H3,(H,27,30)/b19-15+. The zero-order valence-corrected chi connectivity index (χ0v) is 18.9. The number of nitrogens with one attached hydrogen (secondary N) is 1. The highest BCUT2D eigenvalue weighted by molar-refractivity contribution is 6.01. The maximum Gasteiger partial charge on any atom is 0.269 e. The molecule has 0 spiro atoms. The first-order valence-electron chi connectivity index (χ1n) is 10.7. The second kappa shape index (κ2) is 11.1. The Morgan fingerprint density at radius 3 is 2.82 bits per heavy atom. The Labute approximate surface area is 192 Å². The predicted octanol–water partition coefficient (Wildman–Crippen LogP) is 3.55. The highest BCUT2D eigenvalue weighted by atomic mass is 16.5. The fourth-order valence-corrected chi connectivity index (χ4v) is 3.19. The van der Waals surface area contributed by atoms with E-state index in [-0.39, 0.29) is 17.0 Å². The number of fused-ring (bicyclic) bond motifs is 1. The molecule has 0 saturated heterocycles. The number of amides is 1. The van der Waals surface area contributed by atoms with Gasteiger partial charge in [0.2, 0.25) is 5.88 Å². The van der Waals surface area contributed by atoms with Gasteiger partial charge in [-0.2, -0.15) is 10.2 Å². The van der Waals surface area contributed by atoms with Gasteiger partial charge in [-0.15, -0.1) is 0 Å². The number of pyridine rings is 1. The molecule has 170 valence electrons. The Morgan fingerprint density at radius 2 is 2.09 bits per heavy atom. The van der Waals surface area contributed by atoms with Gasteiger partial charge in [-0.1, -0.05) is 18.2 Å². The van der Waals surface area contributed by atoms with Crippen molar-refractivity contribution in [1.29, 1.82) is 5.26 Å². The summed E-state index contributed by atoms with van der Waals surface area (Å²) >= 11 is 0. The van der Waals surface area contributed by atoms with Crippen molar-refractivity contribution in [3.63, 3.8) is 0 Å². The topological polar surface area (TPSA) is 106 Å². The maximum atomic E-state index is 13.3. The van der Waals surface area contributed by atoms with Crippen molar-refractivity contribution in [2.24, 2.45) is 0 Å². The minimum absolute atomic E-state index is 0.0145. The van der Waals surface area contributed by atoms with Gasteiger partial charge in [0.25, 0.3) is 11.5 Å². The summed E-state index contributed by atoms with van der Waals surface area (Å²) in [6, 6.07) is 12.8. The van der Waals surface area contributed by atoms with Gasteiger partial charge >= 0.3 is 0 Å². The SMILES string of the molecule is CCOCCCNC(=O)/C(C#N)=C/c1c(Oc2cccc(C)c2)nc2c(C)cccn2c1=O. The van der Waals surface area contributed by atoms with Gasteiger partial charge in [0.1, 0.15) is 28.6 Å². The van der Waals surface area contributed by atoms with Gasteiger partial charge < -0.3 is 14.8 Å². The molecule has 1 amide bonds. The molecular formula is C25H26N4O4. The minimum Gasteiger partial charge on any atom is -0.438 e. The number of nitriles is 1. The van der Waals surface area contributed by atoms with Crippen molar-refractivity contribution < 1.29 is 14.3 Å². The quantitative estimate of drug-likeness (QED) is 0.306. The van der Waals surface area contributed by atoms with Crippen molar-refractivity contribution in [2.45, 2.75) is 27.2 Å². The molecule has 0 saturated carbocycles. The van der Waals surface area contributed by atoms with Gasteiger partial charge in [0.05, 0.1) is 0 Å². The lowest BCUT2D eigenvalue weighted by Crippen LogP contribution is -2.27. The highest BCUT2D eigenvalue weighted by Gasteiger charge is 2.18. The molecule has 3 rings (SSSR count). The Hall–Kier alpha value is -3.96. The van der Waals surface area contributed by atoms with Crippen LogP contribution in [0.4, 0.5) is 0 Å². The molecule has 2 heterocycles. The Kier molecular flexibility index (Phi) is 7.95. The number of aryl methyl sites for hydroxylation is 2. The lowest BCUT2D eigenvalue weighted by Gasteiger charge is -2.12. The molecule has 0 bridgehead atoms. The summed E-state index contributed by atoms with van der Waals surface area (Å²) in [6.07, 6.45) is 3.43. The summed E-state index contributed by atoms with van der Waals surface area (Å²) in [6.45, 7) is 7.10. The molecule has 1 N–H and O–H groups in total. The number of rotatable bonds is 9. The van der Waals surface area contributed by atoms with E-state index in [1.54, 1.807) is 18.3 Å². The fourth-order valence-electron chi connectivity index (χ4n) is 3.19. The first kappa shape index (κ1) is 23.7. The van der Waals surface area contributed by atoms with Crippen molar-refractivity contribution in [1.82, 2.24) is 14.7 Å². The molecule has 8 nitrogen and oxygen atoms in total. The molecule has 0 radical (unpaired) electrons. The number of carbonyl (C=O) groups is 1. The average Bonchev–Trinajstić information content (AvgIpc) is 2.79. The van der Waals surface area contributed by atoms with E-state index in [1.807, 2.05) is 51.1 Å². The molecule has 33 heavy (non-hydrogen) atoms. The van der Waals surface area contributed by atoms with Crippen LogP contribution < -0.4 is 15.6 Å². The van der Waals surface area contributed by atoms with E-state index >= 15 is 0 Å². The molecule has 0 fully saturated rings. The fraction of sp³-hybridized carbons (Fsp3) is 0.280. The summed E-state index contributed by atoms with van der Waals surface area (Å²) < 4.78 is 12.6. The summed E-state index contributed by atoms with van der Waals surface area (Å²) in [5.41, 5.74) is 1.55. The normalized spacial score (nSPS) is 11.3. The maximum absolute atomic E-state index is 13.3. The van der Waals surface area contributed by atoms with Crippen LogP contribution in [-0.2, 0) is 9.53 Å². The van der Waals surface area contributed by atoms with E-state index in [9.17, 15) is 14.9 Å². The second-order valence-electron chi connectivity index (χ2n) is 7.42. The monoisotopic (exact) mass is 446 g/mol. The highest BCUT2D eigenvalue weighted by Crippen LogP contribution is 2.25. The van der Waals surface area contributed by atoms with Crippen molar-refractivity contribution in [2.75, 3.05) is 19.8 Å². The van der Waals surface area contributed by atoms with Crippen LogP contribution >= 0.6 is 0 Å². The zero-order valence-electron chi connectivity index (χ0n) is 18.9. The minimum atomic E-state index is -0.579. The van der Waals surface area contributed by atoms with Crippen LogP contribution in [0.5, 0.6) is 11.6 Å². The molecule has 1 aromatic carbocycles. The van der Waals surface area contributed by atoms with Gasteiger partial charge in [0, 0.05) is 26.0 Å². The largest absolute Gasteiger partial charge is 0.438 e. The molecule has 0 unspecified atom stereocenters. The number of carbonyl (C=O) groups excluding carboxylic acids is 1. The third-order valence-corrected chi connectivity index (χ3v) is 4.86. The Bertz CT molecular complexity index is 1290. The molecule has 3 aromatic rings. The number of benzene rings is 1. The lowest BCUT2D eigenvalue weighted by atomic mass is 10.1. The van der Waals surface area contributed by atoms with Crippen LogP contribution in [0.2, 0.25) is 0 Å². The Balaban J connectivity index is 2.03. The number of aromatic nitrogens is 2. The molecule has 2 aromatic heterocycles. The van der Waals surface area contributed by atoms with Crippen LogP contribution in [0.15, 0.2) is 53.0 Å². The van der Waals surface area contributed by atoms with Crippen LogP contribution in [0.25, 0.3) is 11.7 Å². The summed E-state index contributed by atoms with van der Waals surface area (Å²) in [5.74, 6) is -0.0607. The third-order valence-electron chi connectivity index (χ3n) is 4.86. The molecule has 0 atom stereocenters. The number of hydrogen-bond donors (Lipinski definition) is 1. The average molecular weight is 447 g/mol. The first-order chi connectivity index (χ1) is 15.9. The number of nitrogens with zero attached hydrogens (tertiary/aromatic N) is 3. The first-order valence-corrected chi connectivity index (χ1v) is 10.7. The van der Waals surface area contributed by atoms with Crippen molar-refractivity contribution in [3.8, 4) is 17.7 Å². The predicted molar refractivity (Wildman–Crippen MR) is 125 cm³/mol. The van der Waals surface area contributed by atoms with E-state index in [0.29, 0.717) is 37.6 Å². The van der Waals surface area contributed by atoms with Gasteiger partial charge in [-0.25, -0.2) is 0 Å². The molecule has 0 aliphatic rings. The lowest BCUT2D eigenvalue weighted by molar-refractivity contribution is -0.117. The van der Waals surface area contributed by atoms with Crippen LogP contribution in [-0.4, -0.2) is 35.1 Å². The molecule has 0 aliphatic heterocycles. The van der Waals surface area contributed by atoms with E-state index < -0.39 is 11.5 Å². The van der Waals surface area contributed by atoms with Crippen LogP contribution in [0.3, 0.4) is 0 Å². The number of ether oxygens (including phenoxy) is 2. The van der Waals surface area contributed by atoms with E-state index in [1.165, 1.54) is 10.5 Å². The molecular weight excluding hydrogens is 420 g/mol. The summed E-state index contributed by atoms with van der Waals surface area (Å²) in [7, 11) is 0. The van der Waals surface area contributed by atoms with E-state index in [2.05, 4.69) is 10.3 Å². The number of hydrogen-bond acceptors (Lipinski definition) is 6. The van der Waals surface area contributed by atoms with E-state index in [4.69, 9.17) is 9.47 Å². The van der Waals surface area contributed by atoms with Crippen molar-refractivity contribution in [3.05, 3.63) is 75.2 Å². The summed E-state index contributed by atoms with van der Waals surface area (Å²) in [4.78, 5) is 30.4. The smallest absolute Gasteiger partial charge is 0.269 e. The zero-order chi connectivity index (χ0) is 23.8. The Morgan fingerprint density at radius 1 is 1.27 bits per heavy atom. The molecule has 0 aliphatic carbocycles. The van der Waals surface area contributed by atoms with Crippen LogP contribution in [0.1, 0.15) is 30.0 Å². The van der Waals surface area contributed by atoms with Crippen molar-refractivity contribution >= 4 is 17.6 Å². The van der Waals surface area contributed by atoms with Gasteiger partial charge in [-0.3, -0.25) is 14.0 Å². The summed E-state index contributed by atoms with van der Waals surface area (Å²) in [5, 5.41) is 12.3. The molecule has 8 heteroatoms. The van der Waals surface area contributed by atoms with Gasteiger partial charge in [-0.05, 0) is 62.6 Å². The van der Waals surface area contributed by atoms with Gasteiger partial charge in [0.15, 0.2) is 0 Å². The second-order valence-corrected chi connectivity index (χ2v) is 7.42.